The second-order valence-electron chi connectivity index (χ2n) is 6.08. The summed E-state index contributed by atoms with van der Waals surface area (Å²) < 4.78 is 10.6. The lowest BCUT2D eigenvalue weighted by atomic mass is 10.2. The molecular formula is C20H12Cl2N2O2S2. The van der Waals surface area contributed by atoms with Gasteiger partial charge in [0.1, 0.15) is 11.5 Å². The molecule has 2 aliphatic heterocycles. The summed E-state index contributed by atoms with van der Waals surface area (Å²) in [5.41, 5.74) is 1.69. The number of methoxy groups -OCH3 is 2. The number of rotatable bonds is 2. The molecule has 5 rings (SSSR count). The predicted octanol–water partition coefficient (Wildman–Crippen LogP) is 5.84. The van der Waals surface area contributed by atoms with Gasteiger partial charge in [0.2, 0.25) is 0 Å². The van der Waals surface area contributed by atoms with Gasteiger partial charge in [-0.05, 0) is 36.4 Å². The first-order valence-electron chi connectivity index (χ1n) is 8.29. The number of halogens is 2. The van der Waals surface area contributed by atoms with E-state index in [2.05, 4.69) is 0 Å². The second kappa shape index (κ2) is 6.88. The molecule has 28 heavy (non-hydrogen) atoms. The number of hydrogen-bond donors (Lipinski definition) is 0. The lowest BCUT2D eigenvalue weighted by Crippen LogP contribution is -2.22. The van der Waals surface area contributed by atoms with E-state index in [1.54, 1.807) is 14.2 Å². The summed E-state index contributed by atoms with van der Waals surface area (Å²) in [6.45, 7) is 0. The molecule has 2 heterocycles. The highest BCUT2D eigenvalue weighted by atomic mass is 35.5. The molecule has 0 fully saturated rings. The zero-order valence-corrected chi connectivity index (χ0v) is 17.9. The van der Waals surface area contributed by atoms with E-state index in [0.29, 0.717) is 20.8 Å². The Bertz CT molecular complexity index is 1180. The summed E-state index contributed by atoms with van der Waals surface area (Å²) in [5.74, 6) is 1.54. The Kier molecular flexibility index (Phi) is 4.47. The quantitative estimate of drug-likeness (QED) is 0.341. The third-order valence-electron chi connectivity index (χ3n) is 4.47. The van der Waals surface area contributed by atoms with Crippen LogP contribution in [0.15, 0.2) is 66.0 Å². The van der Waals surface area contributed by atoms with Crippen LogP contribution in [0.25, 0.3) is 0 Å². The van der Waals surface area contributed by atoms with Crippen molar-refractivity contribution in [2.45, 2.75) is 19.6 Å². The fourth-order valence-corrected chi connectivity index (χ4v) is 5.94. The van der Waals surface area contributed by atoms with E-state index < -0.39 is 0 Å². The Morgan fingerprint density at radius 1 is 0.714 bits per heavy atom. The molecule has 0 saturated carbocycles. The first-order chi connectivity index (χ1) is 13.6. The molecule has 8 heteroatoms. The van der Waals surface area contributed by atoms with E-state index in [4.69, 9.17) is 42.7 Å². The summed E-state index contributed by atoms with van der Waals surface area (Å²) in [6, 6.07) is 11.5. The van der Waals surface area contributed by atoms with Gasteiger partial charge in [-0.1, -0.05) is 46.7 Å². The minimum atomic E-state index is 0.561. The molecule has 140 valence electrons. The van der Waals surface area contributed by atoms with Crippen LogP contribution in [0.2, 0.25) is 10.0 Å². The zero-order valence-electron chi connectivity index (χ0n) is 14.7. The lowest BCUT2D eigenvalue weighted by Gasteiger charge is -2.20. The van der Waals surface area contributed by atoms with Crippen LogP contribution >= 0.6 is 46.7 Å². The van der Waals surface area contributed by atoms with Crippen molar-refractivity contribution in [2.75, 3.05) is 14.2 Å². The number of nitrogens with zero attached hydrogens (tertiary/aromatic N) is 2. The molecule has 3 aromatic rings. The standard InChI is InChI=1S/C20H12Cl2N2O2S2/c1-25-9-3-5-11-13(7-9)27-19-15(21)18-20(16(22)17(19)23-11)28-14-8-10(26-2)4-6-12(14)24-18/h3-8H,1-2H3. The largest absolute Gasteiger partial charge is 0.497 e. The number of benzene rings is 3. The minimum Gasteiger partial charge on any atom is -0.497 e. The van der Waals surface area contributed by atoms with Crippen LogP contribution in [0.4, 0.5) is 11.4 Å². The lowest BCUT2D eigenvalue weighted by molar-refractivity contribution is 0.413. The van der Waals surface area contributed by atoms with E-state index in [1.807, 2.05) is 36.4 Å². The van der Waals surface area contributed by atoms with Gasteiger partial charge in [-0.15, -0.1) is 0 Å². The third kappa shape index (κ3) is 2.78. The average Bonchev–Trinajstić information content (AvgIpc) is 2.74. The van der Waals surface area contributed by atoms with Gasteiger partial charge in [0.15, 0.2) is 0 Å². The van der Waals surface area contributed by atoms with Crippen LogP contribution < -0.4 is 20.2 Å². The molecule has 0 aromatic heterocycles. The Balaban J connectivity index is 1.76. The van der Waals surface area contributed by atoms with Crippen molar-refractivity contribution in [3.63, 3.8) is 0 Å². The maximum absolute atomic E-state index is 6.78. The van der Waals surface area contributed by atoms with Crippen molar-refractivity contribution in [3.8, 4) is 11.5 Å². The molecule has 0 amide bonds. The predicted molar refractivity (Wildman–Crippen MR) is 112 cm³/mol. The summed E-state index contributed by atoms with van der Waals surface area (Å²) in [6.07, 6.45) is 0. The molecule has 0 atom stereocenters. The van der Waals surface area contributed by atoms with Crippen molar-refractivity contribution in [3.05, 3.63) is 57.2 Å². The van der Waals surface area contributed by atoms with Crippen molar-refractivity contribution < 1.29 is 9.47 Å². The van der Waals surface area contributed by atoms with Crippen LogP contribution in [-0.4, -0.2) is 14.2 Å². The first-order valence-corrected chi connectivity index (χ1v) is 10.7. The average molecular weight is 447 g/mol. The normalized spacial score (nSPS) is 13.3. The van der Waals surface area contributed by atoms with Crippen molar-refractivity contribution in [1.82, 2.24) is 0 Å². The Morgan fingerprint density at radius 2 is 1.14 bits per heavy atom. The highest BCUT2D eigenvalue weighted by Crippen LogP contribution is 2.46. The van der Waals surface area contributed by atoms with Crippen LogP contribution in [0.1, 0.15) is 0 Å². The van der Waals surface area contributed by atoms with E-state index in [9.17, 15) is 0 Å². The van der Waals surface area contributed by atoms with Gasteiger partial charge in [0.25, 0.3) is 0 Å². The fraction of sp³-hybridized carbons (Fsp3) is 0.100. The maximum Gasteiger partial charge on any atom is 0.120 e. The van der Waals surface area contributed by atoms with Crippen molar-refractivity contribution in [1.29, 1.82) is 0 Å². The Hall–Kier alpha value is -1.86. The molecule has 0 radical (unpaired) electrons. The smallest absolute Gasteiger partial charge is 0.120 e. The molecule has 3 aromatic carbocycles. The Morgan fingerprint density at radius 3 is 1.54 bits per heavy atom. The monoisotopic (exact) mass is 446 g/mol. The summed E-state index contributed by atoms with van der Waals surface area (Å²) in [4.78, 5) is 13.1. The Labute approximate surface area is 179 Å². The molecule has 0 saturated heterocycles. The molecule has 0 N–H and O–H groups in total. The molecule has 0 bridgehead atoms. The number of fused-ring (bicyclic) bond motifs is 4. The van der Waals surface area contributed by atoms with Gasteiger partial charge in [-0.2, -0.15) is 0 Å². The van der Waals surface area contributed by atoms with Crippen molar-refractivity contribution in [2.24, 2.45) is 9.98 Å². The van der Waals surface area contributed by atoms with Gasteiger partial charge in [-0.25, -0.2) is 9.98 Å². The number of hydrogen-bond acceptors (Lipinski definition) is 6. The van der Waals surface area contributed by atoms with E-state index >= 15 is 0 Å². The van der Waals surface area contributed by atoms with Gasteiger partial charge in [-0.3, -0.25) is 0 Å². The molecule has 0 spiro atoms. The first kappa shape index (κ1) is 18.2. The SMILES string of the molecule is COc1ccc2c(c1)Sc1c(Cl)c3c(c(Cl)c1=N2)Sc1cc(OC)ccc1N=3. The van der Waals surface area contributed by atoms with Gasteiger partial charge in [0.05, 0.1) is 56.1 Å². The van der Waals surface area contributed by atoms with Gasteiger partial charge >= 0.3 is 0 Å². The third-order valence-corrected chi connectivity index (χ3v) is 7.72. The van der Waals surface area contributed by atoms with Crippen LogP contribution in [0.3, 0.4) is 0 Å². The van der Waals surface area contributed by atoms with Crippen LogP contribution in [0, 0.1) is 0 Å². The van der Waals surface area contributed by atoms with E-state index in [1.165, 1.54) is 23.5 Å². The summed E-state index contributed by atoms with van der Waals surface area (Å²) >= 11 is 16.6. The topological polar surface area (TPSA) is 43.2 Å². The molecular weight excluding hydrogens is 435 g/mol. The van der Waals surface area contributed by atoms with Crippen LogP contribution in [0.5, 0.6) is 11.5 Å². The maximum atomic E-state index is 6.78. The molecule has 2 aliphatic rings. The highest BCUT2D eigenvalue weighted by molar-refractivity contribution is 8.00. The van der Waals surface area contributed by atoms with Gasteiger partial charge in [0, 0.05) is 9.79 Å². The van der Waals surface area contributed by atoms with E-state index in [-0.39, 0.29) is 0 Å². The summed E-state index contributed by atoms with van der Waals surface area (Å²) in [5, 5.41) is 2.49. The minimum absolute atomic E-state index is 0.561. The van der Waals surface area contributed by atoms with Gasteiger partial charge < -0.3 is 9.47 Å². The number of ether oxygens (including phenoxy) is 2. The highest BCUT2D eigenvalue weighted by Gasteiger charge is 2.25. The fourth-order valence-electron chi connectivity index (χ4n) is 3.06. The summed E-state index contributed by atoms with van der Waals surface area (Å²) in [7, 11) is 3.28. The molecule has 0 unspecified atom stereocenters. The van der Waals surface area contributed by atoms with Crippen LogP contribution in [-0.2, 0) is 0 Å². The zero-order chi connectivity index (χ0) is 19.4. The molecule has 0 aliphatic carbocycles. The second-order valence-corrected chi connectivity index (χ2v) is 8.94. The van der Waals surface area contributed by atoms with E-state index in [0.717, 1.165) is 42.5 Å². The van der Waals surface area contributed by atoms with Crippen molar-refractivity contribution >= 4 is 58.1 Å². The molecule has 4 nitrogen and oxygen atoms in total.